The molecule has 0 saturated carbocycles. The number of aryl methyl sites for hydroxylation is 3. The van der Waals surface area contributed by atoms with Crippen LogP contribution in [0.4, 0.5) is 5.69 Å². The average Bonchev–Trinajstić information content (AvgIpc) is 2.86. The van der Waals surface area contributed by atoms with E-state index in [9.17, 15) is 9.59 Å². The summed E-state index contributed by atoms with van der Waals surface area (Å²) in [6.45, 7) is 5.91. The number of nitrogens with zero attached hydrogens (tertiary/aromatic N) is 2. The van der Waals surface area contributed by atoms with Crippen molar-refractivity contribution in [2.45, 2.75) is 33.7 Å². The molecule has 5 nitrogen and oxygen atoms in total. The summed E-state index contributed by atoms with van der Waals surface area (Å²) in [4.78, 5) is 30.9. The van der Waals surface area contributed by atoms with E-state index in [4.69, 9.17) is 0 Å². The average molecular weight is 341 g/mol. The molecule has 0 bridgehead atoms. The maximum absolute atomic E-state index is 12.6. The zero-order valence-corrected chi connectivity index (χ0v) is 14.7. The monoisotopic (exact) mass is 341 g/mol. The van der Waals surface area contributed by atoms with Crippen molar-refractivity contribution >= 4 is 33.1 Å². The summed E-state index contributed by atoms with van der Waals surface area (Å²) in [5.41, 5.74) is 2.71. The van der Waals surface area contributed by atoms with Gasteiger partial charge in [0.1, 0.15) is 11.4 Å². The number of carbonyl (C=O) groups is 1. The van der Waals surface area contributed by atoms with E-state index in [0.717, 1.165) is 27.4 Å². The first-order valence-corrected chi connectivity index (χ1v) is 8.65. The summed E-state index contributed by atoms with van der Waals surface area (Å²) in [5, 5.41) is 3.42. The Morgan fingerprint density at radius 3 is 2.62 bits per heavy atom. The Balaban J connectivity index is 1.81. The Kier molecular flexibility index (Phi) is 4.49. The molecule has 6 heteroatoms. The molecule has 1 N–H and O–H groups in total. The third kappa shape index (κ3) is 3.10. The molecule has 0 radical (unpaired) electrons. The van der Waals surface area contributed by atoms with E-state index < -0.39 is 0 Å². The Hall–Kier alpha value is -2.47. The predicted octanol–water partition coefficient (Wildman–Crippen LogP) is 3.28. The van der Waals surface area contributed by atoms with Gasteiger partial charge in [0.15, 0.2) is 0 Å². The molecular weight excluding hydrogens is 322 g/mol. The number of aromatic nitrogens is 2. The lowest BCUT2D eigenvalue weighted by Gasteiger charge is -2.08. The Morgan fingerprint density at radius 2 is 1.96 bits per heavy atom. The SMILES string of the molecule is CCc1ccc(NC(=O)Cn2cnc3sc(C)c(C)c3c2=O)cc1. The van der Waals surface area contributed by atoms with E-state index in [1.165, 1.54) is 27.8 Å². The van der Waals surface area contributed by atoms with Crippen LogP contribution in [0.25, 0.3) is 10.2 Å². The largest absolute Gasteiger partial charge is 0.325 e. The number of amides is 1. The van der Waals surface area contributed by atoms with Crippen molar-refractivity contribution in [1.29, 1.82) is 0 Å². The predicted molar refractivity (Wildman–Crippen MR) is 97.8 cm³/mol. The number of thiophene rings is 1. The number of hydrogen-bond acceptors (Lipinski definition) is 4. The molecule has 3 aromatic rings. The van der Waals surface area contributed by atoms with Gasteiger partial charge in [-0.05, 0) is 43.5 Å². The first-order chi connectivity index (χ1) is 11.5. The van der Waals surface area contributed by atoms with Crippen LogP contribution in [0.2, 0.25) is 0 Å². The molecule has 1 aromatic carbocycles. The fraction of sp³-hybridized carbons (Fsp3) is 0.278. The van der Waals surface area contributed by atoms with E-state index in [-0.39, 0.29) is 18.0 Å². The summed E-state index contributed by atoms with van der Waals surface area (Å²) >= 11 is 1.50. The first-order valence-electron chi connectivity index (χ1n) is 7.83. The second kappa shape index (κ2) is 6.57. The fourth-order valence-corrected chi connectivity index (χ4v) is 3.55. The van der Waals surface area contributed by atoms with Crippen molar-refractivity contribution in [1.82, 2.24) is 9.55 Å². The number of anilines is 1. The van der Waals surface area contributed by atoms with Crippen molar-refractivity contribution < 1.29 is 4.79 Å². The lowest BCUT2D eigenvalue weighted by Crippen LogP contribution is -2.27. The van der Waals surface area contributed by atoms with Crippen LogP contribution in [0.1, 0.15) is 22.9 Å². The smallest absolute Gasteiger partial charge is 0.262 e. The highest BCUT2D eigenvalue weighted by Gasteiger charge is 2.13. The highest BCUT2D eigenvalue weighted by molar-refractivity contribution is 7.18. The minimum Gasteiger partial charge on any atom is -0.325 e. The Labute approximate surface area is 144 Å². The van der Waals surface area contributed by atoms with Crippen LogP contribution >= 0.6 is 11.3 Å². The molecule has 0 saturated heterocycles. The summed E-state index contributed by atoms with van der Waals surface area (Å²) in [7, 11) is 0. The van der Waals surface area contributed by atoms with Gasteiger partial charge in [0, 0.05) is 10.6 Å². The van der Waals surface area contributed by atoms with Gasteiger partial charge in [-0.2, -0.15) is 0 Å². The number of nitrogens with one attached hydrogen (secondary N) is 1. The van der Waals surface area contributed by atoms with E-state index in [1.54, 1.807) is 0 Å². The normalized spacial score (nSPS) is 11.0. The van der Waals surface area contributed by atoms with Crippen LogP contribution in [0.15, 0.2) is 35.4 Å². The lowest BCUT2D eigenvalue weighted by molar-refractivity contribution is -0.116. The van der Waals surface area contributed by atoms with Crippen LogP contribution in [0.5, 0.6) is 0 Å². The third-order valence-corrected chi connectivity index (χ3v) is 5.23. The van der Waals surface area contributed by atoms with Gasteiger partial charge in [0.2, 0.25) is 5.91 Å². The summed E-state index contributed by atoms with van der Waals surface area (Å²) < 4.78 is 1.36. The fourth-order valence-electron chi connectivity index (χ4n) is 2.56. The Morgan fingerprint density at radius 1 is 1.25 bits per heavy atom. The quantitative estimate of drug-likeness (QED) is 0.792. The molecular formula is C18H19N3O2S. The number of carbonyl (C=O) groups excluding carboxylic acids is 1. The maximum atomic E-state index is 12.6. The molecule has 0 spiro atoms. The van der Waals surface area contributed by atoms with Gasteiger partial charge in [-0.1, -0.05) is 19.1 Å². The number of benzene rings is 1. The van der Waals surface area contributed by atoms with Crippen molar-refractivity contribution in [3.05, 3.63) is 57.0 Å². The minimum atomic E-state index is -0.243. The zero-order chi connectivity index (χ0) is 17.3. The molecule has 0 aliphatic rings. The molecule has 3 rings (SSSR count). The van der Waals surface area contributed by atoms with Crippen LogP contribution in [0.3, 0.4) is 0 Å². The van der Waals surface area contributed by atoms with Gasteiger partial charge < -0.3 is 5.32 Å². The van der Waals surface area contributed by atoms with Crippen LogP contribution in [-0.4, -0.2) is 15.5 Å². The minimum absolute atomic E-state index is 0.0500. The Bertz CT molecular complexity index is 955. The molecule has 1 amide bonds. The lowest BCUT2D eigenvalue weighted by atomic mass is 10.1. The van der Waals surface area contributed by atoms with Crippen molar-refractivity contribution in [3.8, 4) is 0 Å². The highest BCUT2D eigenvalue weighted by atomic mass is 32.1. The van der Waals surface area contributed by atoms with Crippen LogP contribution < -0.4 is 10.9 Å². The first kappa shape index (κ1) is 16.4. The van der Waals surface area contributed by atoms with E-state index >= 15 is 0 Å². The van der Waals surface area contributed by atoms with Gasteiger partial charge in [0.25, 0.3) is 5.56 Å². The van der Waals surface area contributed by atoms with Gasteiger partial charge in [-0.3, -0.25) is 14.2 Å². The van der Waals surface area contributed by atoms with Crippen LogP contribution in [0, 0.1) is 13.8 Å². The van der Waals surface area contributed by atoms with E-state index in [2.05, 4.69) is 17.2 Å². The molecule has 2 aromatic heterocycles. The molecule has 0 aliphatic heterocycles. The topological polar surface area (TPSA) is 64.0 Å². The number of rotatable bonds is 4. The molecule has 0 fully saturated rings. The van der Waals surface area contributed by atoms with Gasteiger partial charge in [-0.25, -0.2) is 4.98 Å². The molecule has 124 valence electrons. The number of fused-ring (bicyclic) bond motifs is 1. The van der Waals surface area contributed by atoms with Crippen molar-refractivity contribution in [3.63, 3.8) is 0 Å². The second-order valence-electron chi connectivity index (χ2n) is 5.74. The molecule has 0 unspecified atom stereocenters. The zero-order valence-electron chi connectivity index (χ0n) is 13.9. The number of hydrogen-bond donors (Lipinski definition) is 1. The summed E-state index contributed by atoms with van der Waals surface area (Å²) in [6.07, 6.45) is 2.40. The molecule has 2 heterocycles. The highest BCUT2D eigenvalue weighted by Crippen LogP contribution is 2.25. The molecule has 24 heavy (non-hydrogen) atoms. The van der Waals surface area contributed by atoms with E-state index in [1.807, 2.05) is 38.1 Å². The summed E-state index contributed by atoms with van der Waals surface area (Å²) in [6, 6.07) is 7.69. The molecule has 0 aliphatic carbocycles. The second-order valence-corrected chi connectivity index (χ2v) is 6.94. The van der Waals surface area contributed by atoms with Crippen molar-refractivity contribution in [2.24, 2.45) is 0 Å². The van der Waals surface area contributed by atoms with Gasteiger partial charge in [-0.15, -0.1) is 11.3 Å². The van der Waals surface area contributed by atoms with E-state index in [0.29, 0.717) is 5.39 Å². The summed E-state index contributed by atoms with van der Waals surface area (Å²) in [5.74, 6) is -0.243. The van der Waals surface area contributed by atoms with Crippen molar-refractivity contribution in [2.75, 3.05) is 5.32 Å². The maximum Gasteiger partial charge on any atom is 0.262 e. The van der Waals surface area contributed by atoms with Gasteiger partial charge in [0.05, 0.1) is 11.7 Å². The molecule has 0 atom stereocenters. The van der Waals surface area contributed by atoms with Gasteiger partial charge >= 0.3 is 0 Å². The van der Waals surface area contributed by atoms with Crippen LogP contribution in [-0.2, 0) is 17.8 Å². The standard InChI is InChI=1S/C18H19N3O2S/c1-4-13-5-7-14(8-6-13)20-15(22)9-21-10-19-17-16(18(21)23)11(2)12(3)24-17/h5-8,10H,4,9H2,1-3H3,(H,20,22). The third-order valence-electron chi connectivity index (χ3n) is 4.12.